The standard InChI is InChI=1S/C13H25IO4Si/c1-13(2,3)19(5,6)18-11(7-10(15)9-14)8-12(16)17-4/h11H,7-9H2,1-6H3/t11-/m1/s1. The Balaban J connectivity index is 4.84. The molecular formula is C13H25IO4Si. The molecule has 0 N–H and O–H groups in total. The molecular weight excluding hydrogens is 375 g/mol. The van der Waals surface area contributed by atoms with E-state index in [0.717, 1.165) is 0 Å². The summed E-state index contributed by atoms with van der Waals surface area (Å²) >= 11 is 2.03. The molecule has 0 aliphatic rings. The zero-order valence-electron chi connectivity index (χ0n) is 12.7. The van der Waals surface area contributed by atoms with Crippen molar-refractivity contribution in [2.75, 3.05) is 11.5 Å². The van der Waals surface area contributed by atoms with Crippen LogP contribution in [0, 0.1) is 0 Å². The summed E-state index contributed by atoms with van der Waals surface area (Å²) in [6.45, 7) is 10.6. The molecule has 0 fully saturated rings. The number of ether oxygens (including phenoxy) is 1. The van der Waals surface area contributed by atoms with E-state index in [4.69, 9.17) is 4.43 Å². The lowest BCUT2D eigenvalue weighted by molar-refractivity contribution is -0.142. The van der Waals surface area contributed by atoms with Crippen molar-refractivity contribution >= 4 is 42.7 Å². The summed E-state index contributed by atoms with van der Waals surface area (Å²) in [6, 6.07) is 0. The lowest BCUT2D eigenvalue weighted by atomic mass is 10.1. The molecule has 0 heterocycles. The third-order valence-corrected chi connectivity index (χ3v) is 8.88. The Morgan fingerprint density at radius 1 is 1.21 bits per heavy atom. The van der Waals surface area contributed by atoms with Crippen LogP contribution in [0.1, 0.15) is 33.6 Å². The monoisotopic (exact) mass is 400 g/mol. The number of ketones is 1. The van der Waals surface area contributed by atoms with Crippen LogP contribution < -0.4 is 0 Å². The van der Waals surface area contributed by atoms with Gasteiger partial charge < -0.3 is 9.16 Å². The van der Waals surface area contributed by atoms with Gasteiger partial charge in [-0.2, -0.15) is 0 Å². The highest BCUT2D eigenvalue weighted by Gasteiger charge is 2.39. The number of hydrogen-bond acceptors (Lipinski definition) is 4. The van der Waals surface area contributed by atoms with E-state index in [0.29, 0.717) is 4.43 Å². The molecule has 0 aromatic heterocycles. The Morgan fingerprint density at radius 2 is 1.74 bits per heavy atom. The fraction of sp³-hybridized carbons (Fsp3) is 0.846. The molecule has 0 radical (unpaired) electrons. The van der Waals surface area contributed by atoms with E-state index in [1.165, 1.54) is 7.11 Å². The van der Waals surface area contributed by atoms with Gasteiger partial charge in [-0.05, 0) is 18.1 Å². The molecule has 6 heteroatoms. The van der Waals surface area contributed by atoms with Crippen molar-refractivity contribution < 1.29 is 18.8 Å². The minimum atomic E-state index is -1.99. The summed E-state index contributed by atoms with van der Waals surface area (Å²) in [5.41, 5.74) is 0. The Labute approximate surface area is 130 Å². The van der Waals surface area contributed by atoms with Crippen molar-refractivity contribution in [3.8, 4) is 0 Å². The Morgan fingerprint density at radius 3 is 2.11 bits per heavy atom. The fourth-order valence-electron chi connectivity index (χ4n) is 1.33. The predicted octanol–water partition coefficient (Wildman–Crippen LogP) is 3.33. The number of alkyl halides is 1. The fourth-order valence-corrected chi connectivity index (χ4v) is 2.99. The first-order chi connectivity index (χ1) is 8.53. The van der Waals surface area contributed by atoms with Gasteiger partial charge in [0.25, 0.3) is 0 Å². The molecule has 19 heavy (non-hydrogen) atoms. The molecule has 0 rings (SSSR count). The van der Waals surface area contributed by atoms with Gasteiger partial charge in [0.15, 0.2) is 8.32 Å². The minimum Gasteiger partial charge on any atom is -0.469 e. The molecule has 0 saturated heterocycles. The van der Waals surface area contributed by atoms with Crippen molar-refractivity contribution in [3.63, 3.8) is 0 Å². The minimum absolute atomic E-state index is 0.0503. The molecule has 0 aromatic rings. The van der Waals surface area contributed by atoms with Gasteiger partial charge in [-0.3, -0.25) is 9.59 Å². The first-order valence-corrected chi connectivity index (χ1v) is 10.8. The number of esters is 1. The van der Waals surface area contributed by atoms with Gasteiger partial charge in [0.1, 0.15) is 5.78 Å². The largest absolute Gasteiger partial charge is 0.469 e. The van der Waals surface area contributed by atoms with Crippen molar-refractivity contribution in [2.24, 2.45) is 0 Å². The molecule has 0 saturated carbocycles. The topological polar surface area (TPSA) is 52.6 Å². The van der Waals surface area contributed by atoms with Gasteiger partial charge in [-0.1, -0.05) is 43.4 Å². The van der Waals surface area contributed by atoms with E-state index < -0.39 is 8.32 Å². The van der Waals surface area contributed by atoms with Crippen molar-refractivity contribution in [3.05, 3.63) is 0 Å². The van der Waals surface area contributed by atoms with Gasteiger partial charge >= 0.3 is 5.97 Å². The summed E-state index contributed by atoms with van der Waals surface area (Å²) in [6.07, 6.45) is 0.0613. The summed E-state index contributed by atoms with van der Waals surface area (Å²) in [5, 5.41) is 0.0503. The van der Waals surface area contributed by atoms with E-state index >= 15 is 0 Å². The van der Waals surface area contributed by atoms with Crippen LogP contribution in [0.5, 0.6) is 0 Å². The molecule has 0 aromatic carbocycles. The normalized spacial score (nSPS) is 14.1. The number of Topliss-reactive ketones (excluding diaryl/α,β-unsaturated/α-hetero) is 1. The number of methoxy groups -OCH3 is 1. The highest BCUT2D eigenvalue weighted by atomic mass is 127. The molecule has 0 aliphatic heterocycles. The number of halogens is 1. The quantitative estimate of drug-likeness (QED) is 0.285. The van der Waals surface area contributed by atoms with Crippen molar-refractivity contribution in [1.29, 1.82) is 0 Å². The van der Waals surface area contributed by atoms with Gasteiger partial charge in [-0.25, -0.2) is 0 Å². The number of rotatable bonds is 7. The molecule has 4 nitrogen and oxygen atoms in total. The maximum absolute atomic E-state index is 11.6. The van der Waals surface area contributed by atoms with E-state index in [1.54, 1.807) is 0 Å². The molecule has 1 atom stereocenters. The molecule has 0 bridgehead atoms. The van der Waals surface area contributed by atoms with Crippen LogP contribution in [-0.4, -0.2) is 37.7 Å². The van der Waals surface area contributed by atoms with E-state index in [9.17, 15) is 9.59 Å². The molecule has 0 spiro atoms. The summed E-state index contributed by atoms with van der Waals surface area (Å²) in [4.78, 5) is 23.0. The first-order valence-electron chi connectivity index (χ1n) is 6.35. The molecule has 112 valence electrons. The summed E-state index contributed by atoms with van der Waals surface area (Å²) in [7, 11) is -0.637. The lowest BCUT2D eigenvalue weighted by Gasteiger charge is -2.39. The van der Waals surface area contributed by atoms with Crippen LogP contribution in [-0.2, 0) is 18.8 Å². The highest BCUT2D eigenvalue weighted by Crippen LogP contribution is 2.38. The maximum atomic E-state index is 11.6. The van der Waals surface area contributed by atoms with Crippen molar-refractivity contribution in [2.45, 2.75) is 57.8 Å². The van der Waals surface area contributed by atoms with Gasteiger partial charge in [0.2, 0.25) is 0 Å². The SMILES string of the molecule is COC(=O)C[C@@H](CC(=O)CI)O[Si](C)(C)C(C)(C)C. The average Bonchev–Trinajstić information content (AvgIpc) is 2.26. The maximum Gasteiger partial charge on any atom is 0.308 e. The molecule has 0 unspecified atom stereocenters. The van der Waals surface area contributed by atoms with E-state index in [1.807, 2.05) is 22.6 Å². The Bertz CT molecular complexity index is 305. The van der Waals surface area contributed by atoms with Gasteiger partial charge in [0.05, 0.1) is 24.1 Å². The van der Waals surface area contributed by atoms with Crippen LogP contribution in [0.3, 0.4) is 0 Å². The molecule has 0 amide bonds. The first kappa shape index (κ1) is 19.0. The second kappa shape index (κ2) is 7.73. The number of hydrogen-bond donors (Lipinski definition) is 0. The van der Waals surface area contributed by atoms with Crippen LogP contribution in [0.15, 0.2) is 0 Å². The van der Waals surface area contributed by atoms with Crippen LogP contribution in [0.2, 0.25) is 18.1 Å². The third-order valence-electron chi connectivity index (χ3n) is 3.49. The smallest absolute Gasteiger partial charge is 0.308 e. The third kappa shape index (κ3) is 6.85. The van der Waals surface area contributed by atoms with Crippen LogP contribution in [0.25, 0.3) is 0 Å². The lowest BCUT2D eigenvalue weighted by Crippen LogP contribution is -2.45. The Hall–Kier alpha value is 0.0469. The number of carbonyl (C=O) groups excluding carboxylic acids is 2. The average molecular weight is 400 g/mol. The van der Waals surface area contributed by atoms with E-state index in [-0.39, 0.29) is 35.7 Å². The van der Waals surface area contributed by atoms with Gasteiger partial charge in [0, 0.05) is 6.42 Å². The predicted molar refractivity (Wildman–Crippen MR) is 87.2 cm³/mol. The van der Waals surface area contributed by atoms with Crippen molar-refractivity contribution in [1.82, 2.24) is 0 Å². The number of carbonyl (C=O) groups is 2. The second-order valence-electron chi connectivity index (χ2n) is 6.16. The summed E-state index contributed by atoms with van der Waals surface area (Å²) < 4.78 is 11.3. The second-order valence-corrected chi connectivity index (χ2v) is 11.7. The van der Waals surface area contributed by atoms with E-state index in [2.05, 4.69) is 38.6 Å². The Kier molecular flexibility index (Phi) is 7.75. The van der Waals surface area contributed by atoms with Crippen LogP contribution >= 0.6 is 22.6 Å². The van der Waals surface area contributed by atoms with Gasteiger partial charge in [-0.15, -0.1) is 0 Å². The zero-order valence-corrected chi connectivity index (χ0v) is 15.9. The zero-order chi connectivity index (χ0) is 15.3. The highest BCUT2D eigenvalue weighted by molar-refractivity contribution is 14.1. The summed E-state index contributed by atoms with van der Waals surface area (Å²) in [5.74, 6) is -0.224. The molecule has 0 aliphatic carbocycles. The van der Waals surface area contributed by atoms with Crippen LogP contribution in [0.4, 0.5) is 0 Å².